The zero-order valence-electron chi connectivity index (χ0n) is 11.7. The van der Waals surface area contributed by atoms with Crippen molar-refractivity contribution in [2.45, 2.75) is 39.0 Å². The summed E-state index contributed by atoms with van der Waals surface area (Å²) >= 11 is 6.10. The Morgan fingerprint density at radius 2 is 2.25 bits per heavy atom. The number of rotatable bonds is 3. The molecule has 0 spiro atoms. The number of fused-ring (bicyclic) bond motifs is 1. The molecule has 0 bridgehead atoms. The van der Waals surface area contributed by atoms with Crippen LogP contribution in [0.15, 0.2) is 28.7 Å². The molecular weight excluding hydrogens is 272 g/mol. The maximum Gasteiger partial charge on any atom is 0.201 e. The topological polar surface area (TPSA) is 30.2 Å². The van der Waals surface area contributed by atoms with Gasteiger partial charge in [0.1, 0.15) is 0 Å². The lowest BCUT2D eigenvalue weighted by molar-refractivity contribution is 0.0835. The summed E-state index contributed by atoms with van der Waals surface area (Å²) in [6.07, 6.45) is 5.55. The van der Waals surface area contributed by atoms with Gasteiger partial charge >= 0.3 is 0 Å². The van der Waals surface area contributed by atoms with Gasteiger partial charge in [-0.1, -0.05) is 49.9 Å². The van der Waals surface area contributed by atoms with Gasteiger partial charge in [0.15, 0.2) is 11.3 Å². The fourth-order valence-corrected chi connectivity index (χ4v) is 3.47. The summed E-state index contributed by atoms with van der Waals surface area (Å²) in [5.74, 6) is 1.42. The van der Waals surface area contributed by atoms with Crippen LogP contribution in [-0.4, -0.2) is 5.78 Å². The molecule has 1 aromatic heterocycles. The Bertz CT molecular complexity index is 629. The monoisotopic (exact) mass is 290 g/mol. The quantitative estimate of drug-likeness (QED) is 0.700. The first-order chi connectivity index (χ1) is 9.69. The Labute approximate surface area is 124 Å². The third-order valence-electron chi connectivity index (χ3n) is 4.47. The molecule has 3 rings (SSSR count). The molecule has 2 nitrogen and oxygen atoms in total. The van der Waals surface area contributed by atoms with Gasteiger partial charge in [0.2, 0.25) is 5.78 Å². The van der Waals surface area contributed by atoms with E-state index in [1.54, 1.807) is 6.07 Å². The number of carbonyl (C=O) groups is 1. The normalized spacial score (nSPS) is 23.1. The summed E-state index contributed by atoms with van der Waals surface area (Å²) in [6, 6.07) is 7.42. The molecule has 3 heteroatoms. The van der Waals surface area contributed by atoms with Crippen LogP contribution in [0.4, 0.5) is 0 Å². The van der Waals surface area contributed by atoms with Gasteiger partial charge in [-0.2, -0.15) is 0 Å². The number of furan rings is 1. The van der Waals surface area contributed by atoms with E-state index >= 15 is 0 Å². The largest absolute Gasteiger partial charge is 0.451 e. The van der Waals surface area contributed by atoms with Crippen LogP contribution in [-0.2, 0) is 0 Å². The van der Waals surface area contributed by atoms with E-state index in [0.717, 1.165) is 31.1 Å². The fraction of sp³-hybridized carbons (Fsp3) is 0.471. The zero-order valence-corrected chi connectivity index (χ0v) is 12.5. The Morgan fingerprint density at radius 3 is 3.00 bits per heavy atom. The van der Waals surface area contributed by atoms with Crippen molar-refractivity contribution in [1.82, 2.24) is 0 Å². The molecule has 0 aliphatic heterocycles. The number of hydrogen-bond donors (Lipinski definition) is 0. The van der Waals surface area contributed by atoms with Crippen LogP contribution >= 0.6 is 11.6 Å². The van der Waals surface area contributed by atoms with E-state index in [9.17, 15) is 4.79 Å². The van der Waals surface area contributed by atoms with E-state index in [1.165, 1.54) is 6.42 Å². The zero-order chi connectivity index (χ0) is 14.1. The first kappa shape index (κ1) is 13.7. The predicted molar refractivity (Wildman–Crippen MR) is 81.3 cm³/mol. The fourth-order valence-electron chi connectivity index (χ4n) is 3.25. The van der Waals surface area contributed by atoms with Crippen molar-refractivity contribution in [2.75, 3.05) is 0 Å². The van der Waals surface area contributed by atoms with Crippen LogP contribution < -0.4 is 0 Å². The third-order valence-corrected chi connectivity index (χ3v) is 4.77. The second kappa shape index (κ2) is 5.61. The molecule has 1 aromatic carbocycles. The van der Waals surface area contributed by atoms with Crippen LogP contribution in [0.3, 0.4) is 0 Å². The standard InChI is InChI=1S/C17H19ClO2/c1-2-11-5-3-6-12(9-11)16(19)15-10-13-7-4-8-14(18)17(13)20-15/h4,7-8,10-12H,2-3,5-6,9H2,1H3. The van der Waals surface area contributed by atoms with Crippen molar-refractivity contribution in [2.24, 2.45) is 11.8 Å². The molecule has 1 aliphatic carbocycles. The van der Waals surface area contributed by atoms with Crippen molar-refractivity contribution in [1.29, 1.82) is 0 Å². The molecule has 1 heterocycles. The summed E-state index contributed by atoms with van der Waals surface area (Å²) in [4.78, 5) is 12.6. The van der Waals surface area contributed by atoms with E-state index in [1.807, 2.05) is 18.2 Å². The number of carbonyl (C=O) groups excluding carboxylic acids is 1. The van der Waals surface area contributed by atoms with E-state index < -0.39 is 0 Å². The Balaban J connectivity index is 1.86. The highest BCUT2D eigenvalue weighted by molar-refractivity contribution is 6.34. The molecule has 1 aliphatic rings. The van der Waals surface area contributed by atoms with Gasteiger partial charge in [-0.25, -0.2) is 0 Å². The van der Waals surface area contributed by atoms with E-state index in [4.69, 9.17) is 16.0 Å². The highest BCUT2D eigenvalue weighted by Crippen LogP contribution is 2.35. The van der Waals surface area contributed by atoms with Gasteiger partial charge in [-0.15, -0.1) is 0 Å². The minimum atomic E-state index is 0.119. The van der Waals surface area contributed by atoms with Crippen molar-refractivity contribution >= 4 is 28.4 Å². The third kappa shape index (κ3) is 2.49. The summed E-state index contributed by atoms with van der Waals surface area (Å²) in [7, 11) is 0. The molecular formula is C17H19ClO2. The SMILES string of the molecule is CCC1CCCC(C(=O)c2cc3cccc(Cl)c3o2)C1. The van der Waals surface area contributed by atoms with Gasteiger partial charge in [0.25, 0.3) is 0 Å². The predicted octanol–water partition coefficient (Wildman–Crippen LogP) is 5.49. The molecule has 0 saturated heterocycles. The van der Waals surface area contributed by atoms with Gasteiger partial charge < -0.3 is 4.42 Å². The minimum Gasteiger partial charge on any atom is -0.451 e. The smallest absolute Gasteiger partial charge is 0.201 e. The van der Waals surface area contributed by atoms with Gasteiger partial charge in [0, 0.05) is 11.3 Å². The first-order valence-electron chi connectivity index (χ1n) is 7.41. The van der Waals surface area contributed by atoms with Gasteiger partial charge in [-0.3, -0.25) is 4.79 Å². The van der Waals surface area contributed by atoms with Crippen molar-refractivity contribution < 1.29 is 9.21 Å². The molecule has 0 N–H and O–H groups in total. The molecule has 2 atom stereocenters. The van der Waals surface area contributed by atoms with Gasteiger partial charge in [-0.05, 0) is 30.9 Å². The molecule has 1 fully saturated rings. The molecule has 2 unspecified atom stereocenters. The first-order valence-corrected chi connectivity index (χ1v) is 7.79. The summed E-state index contributed by atoms with van der Waals surface area (Å²) in [6.45, 7) is 2.21. The number of ketones is 1. The number of hydrogen-bond acceptors (Lipinski definition) is 2. The lowest BCUT2D eigenvalue weighted by Gasteiger charge is -2.26. The van der Waals surface area contributed by atoms with Crippen molar-refractivity contribution in [3.63, 3.8) is 0 Å². The molecule has 2 aromatic rings. The summed E-state index contributed by atoms with van der Waals surface area (Å²) in [5, 5.41) is 1.47. The Morgan fingerprint density at radius 1 is 1.40 bits per heavy atom. The second-order valence-corrected chi connectivity index (χ2v) is 6.18. The Hall–Kier alpha value is -1.28. The number of Topliss-reactive ketones (excluding diaryl/α,β-unsaturated/α-hetero) is 1. The minimum absolute atomic E-state index is 0.119. The number of halogens is 1. The second-order valence-electron chi connectivity index (χ2n) is 5.77. The number of para-hydroxylation sites is 1. The molecule has 0 amide bonds. The molecule has 20 heavy (non-hydrogen) atoms. The highest BCUT2D eigenvalue weighted by Gasteiger charge is 2.29. The highest BCUT2D eigenvalue weighted by atomic mass is 35.5. The lowest BCUT2D eigenvalue weighted by atomic mass is 9.78. The van der Waals surface area contributed by atoms with E-state index in [2.05, 4.69) is 6.92 Å². The lowest BCUT2D eigenvalue weighted by Crippen LogP contribution is -2.22. The number of benzene rings is 1. The molecule has 0 radical (unpaired) electrons. The maximum atomic E-state index is 12.6. The molecule has 1 saturated carbocycles. The summed E-state index contributed by atoms with van der Waals surface area (Å²) < 4.78 is 5.70. The van der Waals surface area contributed by atoms with Crippen LogP contribution in [0.25, 0.3) is 11.0 Å². The van der Waals surface area contributed by atoms with Gasteiger partial charge in [0.05, 0.1) is 5.02 Å². The maximum absolute atomic E-state index is 12.6. The average molecular weight is 291 g/mol. The van der Waals surface area contributed by atoms with Crippen molar-refractivity contribution in [3.8, 4) is 0 Å². The molecule has 106 valence electrons. The van der Waals surface area contributed by atoms with Crippen LogP contribution in [0.1, 0.15) is 49.6 Å². The van der Waals surface area contributed by atoms with Crippen molar-refractivity contribution in [3.05, 3.63) is 35.0 Å². The van der Waals surface area contributed by atoms with Crippen LogP contribution in [0.5, 0.6) is 0 Å². The van der Waals surface area contributed by atoms with Crippen LogP contribution in [0.2, 0.25) is 5.02 Å². The van der Waals surface area contributed by atoms with E-state index in [0.29, 0.717) is 22.3 Å². The summed E-state index contributed by atoms with van der Waals surface area (Å²) in [5.41, 5.74) is 0.625. The average Bonchev–Trinajstić information content (AvgIpc) is 2.92. The van der Waals surface area contributed by atoms with Crippen LogP contribution in [0, 0.1) is 11.8 Å². The Kier molecular flexibility index (Phi) is 3.84. The van der Waals surface area contributed by atoms with E-state index in [-0.39, 0.29) is 11.7 Å².